The Bertz CT molecular complexity index is 1220. The predicted molar refractivity (Wildman–Crippen MR) is 119 cm³/mol. The summed E-state index contributed by atoms with van der Waals surface area (Å²) in [5.41, 5.74) is 2.08. The summed E-state index contributed by atoms with van der Waals surface area (Å²) < 4.78 is 14.0. The molecule has 32 heavy (non-hydrogen) atoms. The van der Waals surface area contributed by atoms with Gasteiger partial charge in [-0.15, -0.1) is 0 Å². The summed E-state index contributed by atoms with van der Waals surface area (Å²) >= 11 is 0. The van der Waals surface area contributed by atoms with Crippen molar-refractivity contribution in [2.75, 3.05) is 5.32 Å². The number of amides is 2. The van der Waals surface area contributed by atoms with E-state index in [1.165, 1.54) is 42.5 Å². The van der Waals surface area contributed by atoms with E-state index in [2.05, 4.69) is 10.6 Å². The van der Waals surface area contributed by atoms with Gasteiger partial charge in [-0.05, 0) is 60.9 Å². The molecular formula is C24H20FN3O4. The minimum absolute atomic E-state index is 0.173. The molecule has 0 spiro atoms. The molecule has 7 nitrogen and oxygen atoms in total. The van der Waals surface area contributed by atoms with Crippen molar-refractivity contribution < 1.29 is 18.9 Å². The number of halogens is 1. The van der Waals surface area contributed by atoms with Gasteiger partial charge in [0.1, 0.15) is 11.5 Å². The molecule has 3 aromatic rings. The van der Waals surface area contributed by atoms with E-state index in [1.807, 2.05) is 19.9 Å². The lowest BCUT2D eigenvalue weighted by Crippen LogP contribution is -2.31. The molecule has 0 aliphatic carbocycles. The number of rotatable bonds is 6. The summed E-state index contributed by atoms with van der Waals surface area (Å²) in [6.45, 7) is 3.75. The number of non-ortho nitro benzene ring substituents is 1. The SMILES string of the molecule is Cc1cc(C)cc(NC(=O)C(=Cc2cccc([N+](=O)[O-])c2)NC(=O)c2ccccc2F)c1. The van der Waals surface area contributed by atoms with Crippen molar-refractivity contribution in [3.63, 3.8) is 0 Å². The van der Waals surface area contributed by atoms with Crippen LogP contribution in [-0.2, 0) is 4.79 Å². The van der Waals surface area contributed by atoms with Crippen LogP contribution >= 0.6 is 0 Å². The number of hydrogen-bond donors (Lipinski definition) is 2. The number of anilines is 1. The van der Waals surface area contributed by atoms with Crippen molar-refractivity contribution in [2.24, 2.45) is 0 Å². The summed E-state index contributed by atoms with van der Waals surface area (Å²) in [5, 5.41) is 16.2. The minimum atomic E-state index is -0.824. The van der Waals surface area contributed by atoms with Crippen molar-refractivity contribution in [2.45, 2.75) is 13.8 Å². The molecule has 2 N–H and O–H groups in total. The van der Waals surface area contributed by atoms with Crippen molar-refractivity contribution in [1.82, 2.24) is 5.32 Å². The Hall–Kier alpha value is -4.33. The van der Waals surface area contributed by atoms with Crippen LogP contribution in [-0.4, -0.2) is 16.7 Å². The Labute approximate surface area is 183 Å². The molecule has 0 radical (unpaired) electrons. The maximum absolute atomic E-state index is 14.0. The number of benzene rings is 3. The first-order chi connectivity index (χ1) is 15.2. The quantitative estimate of drug-likeness (QED) is 0.332. The lowest BCUT2D eigenvalue weighted by atomic mass is 10.1. The summed E-state index contributed by atoms with van der Waals surface area (Å²) in [6.07, 6.45) is 1.30. The largest absolute Gasteiger partial charge is 0.321 e. The second-order valence-electron chi connectivity index (χ2n) is 7.17. The van der Waals surface area contributed by atoms with Crippen LogP contribution in [0.2, 0.25) is 0 Å². The maximum Gasteiger partial charge on any atom is 0.272 e. The van der Waals surface area contributed by atoms with Gasteiger partial charge in [0.25, 0.3) is 17.5 Å². The molecule has 0 aliphatic heterocycles. The summed E-state index contributed by atoms with van der Waals surface area (Å²) in [5.74, 6) is -2.23. The first-order valence-corrected chi connectivity index (χ1v) is 9.64. The van der Waals surface area contributed by atoms with Gasteiger partial charge in [-0.2, -0.15) is 0 Å². The van der Waals surface area contributed by atoms with Crippen molar-refractivity contribution in [3.8, 4) is 0 Å². The van der Waals surface area contributed by atoms with Gasteiger partial charge in [0, 0.05) is 17.8 Å². The Kier molecular flexibility index (Phi) is 6.74. The highest BCUT2D eigenvalue weighted by molar-refractivity contribution is 6.10. The van der Waals surface area contributed by atoms with E-state index in [4.69, 9.17) is 0 Å². The van der Waals surface area contributed by atoms with E-state index in [0.717, 1.165) is 17.2 Å². The Morgan fingerprint density at radius 3 is 2.31 bits per heavy atom. The lowest BCUT2D eigenvalue weighted by molar-refractivity contribution is -0.384. The average Bonchev–Trinajstić information content (AvgIpc) is 2.73. The Balaban J connectivity index is 1.97. The number of nitrogens with zero attached hydrogens (tertiary/aromatic N) is 1. The van der Waals surface area contributed by atoms with Crippen LogP contribution in [0.3, 0.4) is 0 Å². The molecular weight excluding hydrogens is 413 g/mol. The first-order valence-electron chi connectivity index (χ1n) is 9.64. The van der Waals surface area contributed by atoms with Crippen LogP contribution in [0.15, 0.2) is 72.4 Å². The van der Waals surface area contributed by atoms with Crippen LogP contribution in [0.4, 0.5) is 15.8 Å². The zero-order chi connectivity index (χ0) is 23.3. The Morgan fingerprint density at radius 2 is 1.66 bits per heavy atom. The van der Waals surface area contributed by atoms with E-state index >= 15 is 0 Å². The van der Waals surface area contributed by atoms with Crippen LogP contribution in [0.25, 0.3) is 6.08 Å². The molecule has 3 rings (SSSR count). The monoisotopic (exact) mass is 433 g/mol. The van der Waals surface area contributed by atoms with Gasteiger partial charge in [-0.1, -0.05) is 30.3 Å². The number of nitro benzene ring substituents is 1. The fourth-order valence-electron chi connectivity index (χ4n) is 3.13. The molecule has 8 heteroatoms. The predicted octanol–water partition coefficient (Wildman–Crippen LogP) is 4.76. The van der Waals surface area contributed by atoms with Gasteiger partial charge in [-0.3, -0.25) is 19.7 Å². The number of nitro groups is 1. The molecule has 0 aliphatic rings. The highest BCUT2D eigenvalue weighted by Crippen LogP contribution is 2.18. The number of carbonyl (C=O) groups is 2. The molecule has 0 aromatic heterocycles. The molecule has 0 fully saturated rings. The van der Waals surface area contributed by atoms with Gasteiger partial charge in [0.05, 0.1) is 10.5 Å². The van der Waals surface area contributed by atoms with Crippen LogP contribution in [0.5, 0.6) is 0 Å². The zero-order valence-corrected chi connectivity index (χ0v) is 17.4. The molecule has 0 atom stereocenters. The van der Waals surface area contributed by atoms with Crippen molar-refractivity contribution >= 4 is 29.3 Å². The summed E-state index contributed by atoms with van der Waals surface area (Å²) in [6, 6.07) is 16.4. The van der Waals surface area contributed by atoms with E-state index in [-0.39, 0.29) is 16.9 Å². The first kappa shape index (κ1) is 22.4. The molecule has 0 saturated carbocycles. The van der Waals surface area contributed by atoms with Crippen molar-refractivity contribution in [1.29, 1.82) is 0 Å². The second kappa shape index (κ2) is 9.65. The van der Waals surface area contributed by atoms with Gasteiger partial charge < -0.3 is 10.6 Å². The smallest absolute Gasteiger partial charge is 0.272 e. The number of carbonyl (C=O) groups excluding carboxylic acids is 2. The molecule has 0 bridgehead atoms. The molecule has 2 amide bonds. The van der Waals surface area contributed by atoms with Crippen molar-refractivity contribution in [3.05, 3.63) is 111 Å². The van der Waals surface area contributed by atoms with Crippen LogP contribution in [0, 0.1) is 29.8 Å². The topological polar surface area (TPSA) is 101 Å². The van der Waals surface area contributed by atoms with Gasteiger partial charge in [0.15, 0.2) is 0 Å². The highest BCUT2D eigenvalue weighted by atomic mass is 19.1. The average molecular weight is 433 g/mol. The summed E-state index contributed by atoms with van der Waals surface area (Å²) in [4.78, 5) is 36.1. The third-order valence-corrected chi connectivity index (χ3v) is 4.48. The third kappa shape index (κ3) is 5.63. The fourth-order valence-corrected chi connectivity index (χ4v) is 3.13. The maximum atomic E-state index is 14.0. The normalized spacial score (nSPS) is 11.0. The van der Waals surface area contributed by atoms with E-state index in [0.29, 0.717) is 11.3 Å². The second-order valence-corrected chi connectivity index (χ2v) is 7.17. The van der Waals surface area contributed by atoms with Gasteiger partial charge >= 0.3 is 0 Å². The molecule has 0 heterocycles. The third-order valence-electron chi connectivity index (χ3n) is 4.48. The van der Waals surface area contributed by atoms with Crippen LogP contribution in [0.1, 0.15) is 27.0 Å². The van der Waals surface area contributed by atoms with Gasteiger partial charge in [-0.25, -0.2) is 4.39 Å². The van der Waals surface area contributed by atoms with E-state index < -0.39 is 22.6 Å². The van der Waals surface area contributed by atoms with E-state index in [1.54, 1.807) is 18.2 Å². The molecule has 3 aromatic carbocycles. The Morgan fingerprint density at radius 1 is 0.969 bits per heavy atom. The fraction of sp³-hybridized carbons (Fsp3) is 0.0833. The highest BCUT2D eigenvalue weighted by Gasteiger charge is 2.18. The number of hydrogen-bond acceptors (Lipinski definition) is 4. The lowest BCUT2D eigenvalue weighted by Gasteiger charge is -2.12. The number of nitrogens with one attached hydrogen (secondary N) is 2. The van der Waals surface area contributed by atoms with Crippen LogP contribution < -0.4 is 10.6 Å². The summed E-state index contributed by atoms with van der Waals surface area (Å²) in [7, 11) is 0. The molecule has 0 unspecified atom stereocenters. The zero-order valence-electron chi connectivity index (χ0n) is 17.4. The minimum Gasteiger partial charge on any atom is -0.321 e. The molecule has 0 saturated heterocycles. The number of aryl methyl sites for hydroxylation is 2. The molecule has 162 valence electrons. The van der Waals surface area contributed by atoms with E-state index in [9.17, 15) is 24.1 Å². The van der Waals surface area contributed by atoms with Gasteiger partial charge in [0.2, 0.25) is 0 Å². The standard InChI is InChI=1S/C24H20FN3O4/c1-15-10-16(2)12-18(11-15)26-24(30)22(14-17-6-5-7-19(13-17)28(31)32)27-23(29)20-8-3-4-9-21(20)25/h3-14H,1-2H3,(H,26,30)(H,27,29).